The molecule has 0 aliphatic heterocycles. The molecule has 2 aromatic heterocycles. The molecule has 0 spiro atoms. The molecule has 0 unspecified atom stereocenters. The van der Waals surface area contributed by atoms with Gasteiger partial charge in [-0.3, -0.25) is 4.70 Å². The third kappa shape index (κ3) is 13.0. The highest BCUT2D eigenvalue weighted by Gasteiger charge is 2.20. The van der Waals surface area contributed by atoms with Crippen molar-refractivity contribution >= 4 is 146 Å². The van der Waals surface area contributed by atoms with Gasteiger partial charge in [-0.1, -0.05) is 339 Å². The van der Waals surface area contributed by atoms with Crippen molar-refractivity contribution in [1.82, 2.24) is 0 Å². The van der Waals surface area contributed by atoms with Gasteiger partial charge in [-0.25, -0.2) is 0 Å². The second-order valence-corrected chi connectivity index (χ2v) is 28.9. The lowest BCUT2D eigenvalue weighted by molar-refractivity contribution is 1.11. The van der Waals surface area contributed by atoms with Gasteiger partial charge in [0.15, 0.2) is 0 Å². The zero-order valence-corrected chi connectivity index (χ0v) is 60.0. The van der Waals surface area contributed by atoms with E-state index in [9.17, 15) is 0 Å². The molecule has 1 N–H and O–H groups in total. The van der Waals surface area contributed by atoms with Crippen LogP contribution in [0.5, 0.6) is 0 Å². The van der Waals surface area contributed by atoms with Crippen molar-refractivity contribution in [3.8, 4) is 66.8 Å². The number of anilines is 5. The Labute approximate surface area is 628 Å². The van der Waals surface area contributed by atoms with Gasteiger partial charge < -0.3 is 10.2 Å². The van der Waals surface area contributed by atoms with Crippen LogP contribution in [-0.4, -0.2) is 0 Å². The Hall–Kier alpha value is -12.7. The van der Waals surface area contributed by atoms with Crippen molar-refractivity contribution in [3.05, 3.63) is 405 Å². The van der Waals surface area contributed by atoms with Crippen LogP contribution < -0.4 is 10.2 Å². The van der Waals surface area contributed by atoms with E-state index in [0.717, 1.165) is 27.8 Å². The van der Waals surface area contributed by atoms with Gasteiger partial charge in [0.05, 0.1) is 20.8 Å². The highest BCUT2D eigenvalue weighted by atomic mass is 35.5. The summed E-state index contributed by atoms with van der Waals surface area (Å²) in [6.45, 7) is 0. The summed E-state index contributed by atoms with van der Waals surface area (Å²) < 4.78 is 5.22. The monoisotopic (exact) mass is 1410 g/mol. The van der Waals surface area contributed by atoms with E-state index in [1.807, 2.05) is 40.9 Å². The van der Waals surface area contributed by atoms with Crippen LogP contribution in [0.25, 0.3) is 150 Å². The summed E-state index contributed by atoms with van der Waals surface area (Å²) in [6, 6.07) is 143. The fraction of sp³-hybridized carbons (Fsp3) is 0. The molecule has 20 aromatic rings. The standard InChI is InChI=1S/C50H33NS.C28H19NS.C22H15Cl.FH/c1-2-12-34(13-3-1)42-19-9-22-45-43(20-10-21-44(42)45)37-28-32-39(33-29-37)51(48-24-11-23-47-46-17-6-7-25-49(46)52-50(47)48)38-30-26-36(27-31-38)41-18-8-15-35-14-4-5-16-40(35)41;1-2-9-22-19(7-1)8-5-11-23(22)20-15-17-21(18-16-20)29-26-13-6-12-25-24-10-3-4-14-27(24)30-28(25)26;23-18-14-12-17(13-15-18)20-9-5-10-21-19(8-4-11-22(20)21)16-6-2-1-3-7-16;/h1-33H;1-18,29H;1-15H;1H. The van der Waals surface area contributed by atoms with Gasteiger partial charge in [-0.15, -0.1) is 22.7 Å². The Balaban J connectivity index is 0.000000129. The summed E-state index contributed by atoms with van der Waals surface area (Å²) in [6.07, 6.45) is 0. The number of halogens is 2. The van der Waals surface area contributed by atoms with Crippen LogP contribution in [0.1, 0.15) is 0 Å². The lowest BCUT2D eigenvalue weighted by Crippen LogP contribution is -2.10. The first-order chi connectivity index (χ1) is 52.0. The minimum atomic E-state index is 0. The third-order valence-electron chi connectivity index (χ3n) is 20.1. The maximum atomic E-state index is 6.02. The van der Waals surface area contributed by atoms with Gasteiger partial charge in [-0.05, 0) is 183 Å². The molecule has 0 amide bonds. The van der Waals surface area contributed by atoms with Gasteiger partial charge >= 0.3 is 0 Å². The zero-order chi connectivity index (χ0) is 70.0. The van der Waals surface area contributed by atoms with Crippen LogP contribution in [0, 0.1) is 0 Å². The molecule has 504 valence electrons. The number of nitrogens with zero attached hydrogens (tertiary/aromatic N) is 1. The first-order valence-electron chi connectivity index (χ1n) is 35.5. The molecule has 0 aliphatic rings. The molecule has 0 fully saturated rings. The molecule has 6 heteroatoms. The van der Waals surface area contributed by atoms with Gasteiger partial charge in [0.1, 0.15) is 0 Å². The van der Waals surface area contributed by atoms with Crippen LogP contribution in [0.3, 0.4) is 0 Å². The summed E-state index contributed by atoms with van der Waals surface area (Å²) in [5.41, 5.74) is 20.5. The number of fused-ring (bicyclic) bond motifs is 10. The second-order valence-electron chi connectivity index (χ2n) is 26.4. The molecule has 0 atom stereocenters. The lowest BCUT2D eigenvalue weighted by atomic mass is 9.93. The van der Waals surface area contributed by atoms with Gasteiger partial charge in [0.2, 0.25) is 0 Å². The van der Waals surface area contributed by atoms with E-state index in [-0.39, 0.29) is 4.70 Å². The van der Waals surface area contributed by atoms with Crippen LogP contribution in [-0.2, 0) is 0 Å². The third-order valence-corrected chi connectivity index (χ3v) is 22.8. The highest BCUT2D eigenvalue weighted by molar-refractivity contribution is 7.26. The smallest absolute Gasteiger partial charge is 0.0640 e. The minimum absolute atomic E-state index is 0. The molecule has 20 rings (SSSR count). The largest absolute Gasteiger partial charge is 0.354 e. The van der Waals surface area contributed by atoms with Crippen molar-refractivity contribution in [2.24, 2.45) is 0 Å². The Morgan fingerprint density at radius 2 is 0.528 bits per heavy atom. The average Bonchev–Trinajstić information content (AvgIpc) is 1.70. The van der Waals surface area contributed by atoms with Crippen LogP contribution >= 0.6 is 34.3 Å². The fourth-order valence-corrected chi connectivity index (χ4v) is 17.6. The predicted molar refractivity (Wildman–Crippen MR) is 460 cm³/mol. The molecule has 106 heavy (non-hydrogen) atoms. The SMILES string of the molecule is Clc1ccc(-c2cccc3c(-c4ccccc4)cccc23)cc1.F.c1ccc(-c2cccc3c(-c4ccc(N(c5ccc(-c6cccc7ccccc67)cc5)c5cccc6c5sc5ccccc56)cc4)cccc23)cc1.c1ccc2c(-c3ccc(Nc4cccc5c4sc4ccccc45)cc3)cccc2c1. The number of hydrogen-bond donors (Lipinski definition) is 1. The molecular formula is C100H68ClFN2S2. The lowest BCUT2D eigenvalue weighted by Gasteiger charge is -2.26. The van der Waals surface area contributed by atoms with Crippen molar-refractivity contribution in [2.45, 2.75) is 0 Å². The molecule has 0 aliphatic carbocycles. The van der Waals surface area contributed by atoms with E-state index in [4.69, 9.17) is 11.6 Å². The molecule has 2 nitrogen and oxygen atoms in total. The molecule has 18 aromatic carbocycles. The quantitative estimate of drug-likeness (QED) is 0.139. The number of benzene rings is 18. The Morgan fingerprint density at radius 1 is 0.226 bits per heavy atom. The van der Waals surface area contributed by atoms with Crippen molar-refractivity contribution < 1.29 is 4.70 Å². The van der Waals surface area contributed by atoms with Crippen molar-refractivity contribution in [3.63, 3.8) is 0 Å². The average molecular weight is 1420 g/mol. The second kappa shape index (κ2) is 29.5. The number of rotatable bonds is 11. The van der Waals surface area contributed by atoms with E-state index < -0.39 is 0 Å². The molecule has 0 saturated carbocycles. The maximum Gasteiger partial charge on any atom is 0.0640 e. The van der Waals surface area contributed by atoms with Crippen LogP contribution in [0.2, 0.25) is 5.02 Å². The van der Waals surface area contributed by atoms with Gasteiger partial charge in [0.25, 0.3) is 0 Å². The number of thiophene rings is 2. The summed E-state index contributed by atoms with van der Waals surface area (Å²) in [4.78, 5) is 2.42. The van der Waals surface area contributed by atoms with E-state index in [2.05, 4.69) is 392 Å². The zero-order valence-electron chi connectivity index (χ0n) is 57.7. The highest BCUT2D eigenvalue weighted by Crippen LogP contribution is 2.47. The van der Waals surface area contributed by atoms with Crippen molar-refractivity contribution in [1.29, 1.82) is 0 Å². The van der Waals surface area contributed by atoms with E-state index in [0.29, 0.717) is 0 Å². The predicted octanol–water partition coefficient (Wildman–Crippen LogP) is 30.4. The topological polar surface area (TPSA) is 15.3 Å². The minimum Gasteiger partial charge on any atom is -0.354 e. The van der Waals surface area contributed by atoms with E-state index in [1.54, 1.807) is 0 Å². The summed E-state index contributed by atoms with van der Waals surface area (Å²) in [7, 11) is 0. The molecule has 2 heterocycles. The number of nitrogens with one attached hydrogen (secondary N) is 1. The Morgan fingerprint density at radius 3 is 0.981 bits per heavy atom. The summed E-state index contributed by atoms with van der Waals surface area (Å²) in [5, 5.41) is 19.8. The molecule has 0 bridgehead atoms. The molecule has 0 radical (unpaired) electrons. The fourth-order valence-electron chi connectivity index (χ4n) is 15.1. The first kappa shape index (κ1) is 66.5. The van der Waals surface area contributed by atoms with Gasteiger partial charge in [-0.2, -0.15) is 0 Å². The Kier molecular flexibility index (Phi) is 18.5. The summed E-state index contributed by atoms with van der Waals surface area (Å²) >= 11 is 9.74. The normalized spacial score (nSPS) is 11.2. The Bertz CT molecular complexity index is 6540. The van der Waals surface area contributed by atoms with Gasteiger partial charge in [0, 0.05) is 53.0 Å². The van der Waals surface area contributed by atoms with Crippen LogP contribution in [0.15, 0.2) is 400 Å². The van der Waals surface area contributed by atoms with Crippen LogP contribution in [0.4, 0.5) is 33.1 Å². The van der Waals surface area contributed by atoms with E-state index >= 15 is 0 Å². The molecular weight excluding hydrogens is 1350 g/mol. The van der Waals surface area contributed by atoms with Crippen molar-refractivity contribution in [2.75, 3.05) is 10.2 Å². The first-order valence-corrected chi connectivity index (χ1v) is 37.6. The summed E-state index contributed by atoms with van der Waals surface area (Å²) in [5.74, 6) is 0. The number of hydrogen-bond acceptors (Lipinski definition) is 4. The molecule has 0 saturated heterocycles. The van der Waals surface area contributed by atoms with E-state index in [1.165, 1.54) is 156 Å². The maximum absolute atomic E-state index is 6.02.